The number of carbonyl (C=O) groups is 1. The molecule has 4 heteroatoms. The Morgan fingerprint density at radius 2 is 2.38 bits per heavy atom. The first-order valence-electron chi connectivity index (χ1n) is 5.50. The number of hydrogen-bond acceptors (Lipinski definition) is 3. The van der Waals surface area contributed by atoms with Crippen LogP contribution in [0.1, 0.15) is 24.6 Å². The van der Waals surface area contributed by atoms with Crippen molar-refractivity contribution in [3.8, 4) is 0 Å². The van der Waals surface area contributed by atoms with Gasteiger partial charge in [0.2, 0.25) is 5.91 Å². The maximum absolute atomic E-state index is 11.5. The van der Waals surface area contributed by atoms with E-state index in [0.717, 1.165) is 11.3 Å². The fourth-order valence-electron chi connectivity index (χ4n) is 1.36. The van der Waals surface area contributed by atoms with E-state index >= 15 is 0 Å². The van der Waals surface area contributed by atoms with Gasteiger partial charge in [-0.05, 0) is 31.0 Å². The van der Waals surface area contributed by atoms with Gasteiger partial charge in [0, 0.05) is 12.6 Å². The van der Waals surface area contributed by atoms with E-state index in [1.54, 1.807) is 6.20 Å². The molecular weight excluding hydrogens is 202 g/mol. The third-order valence-electron chi connectivity index (χ3n) is 2.51. The predicted molar refractivity (Wildman–Crippen MR) is 63.7 cm³/mol. The zero-order chi connectivity index (χ0) is 12.0. The Morgan fingerprint density at radius 3 is 3.00 bits per heavy atom. The molecule has 16 heavy (non-hydrogen) atoms. The molecule has 0 saturated carbocycles. The van der Waals surface area contributed by atoms with Gasteiger partial charge in [-0.15, -0.1) is 0 Å². The molecule has 0 bridgehead atoms. The smallest absolute Gasteiger partial charge is 0.220 e. The molecule has 88 valence electrons. The van der Waals surface area contributed by atoms with Crippen LogP contribution in [0.25, 0.3) is 0 Å². The summed E-state index contributed by atoms with van der Waals surface area (Å²) >= 11 is 0. The molecule has 4 nitrogen and oxygen atoms in total. The van der Waals surface area contributed by atoms with Crippen LogP contribution in [0.3, 0.4) is 0 Å². The molecule has 1 aromatic heterocycles. The van der Waals surface area contributed by atoms with E-state index in [1.807, 2.05) is 26.0 Å². The van der Waals surface area contributed by atoms with Crippen LogP contribution in [0, 0.1) is 12.8 Å². The summed E-state index contributed by atoms with van der Waals surface area (Å²) in [7, 11) is 0. The Bertz CT molecular complexity index is 352. The monoisotopic (exact) mass is 221 g/mol. The van der Waals surface area contributed by atoms with Gasteiger partial charge < -0.3 is 11.1 Å². The fraction of sp³-hybridized carbons (Fsp3) is 0.500. The average molecular weight is 221 g/mol. The Hall–Kier alpha value is -1.42. The Labute approximate surface area is 96.3 Å². The molecule has 3 N–H and O–H groups in total. The van der Waals surface area contributed by atoms with Crippen LogP contribution in [-0.2, 0) is 11.3 Å². The number of hydrogen-bond donors (Lipinski definition) is 2. The predicted octanol–water partition coefficient (Wildman–Crippen LogP) is 0.991. The Balaban J connectivity index is 2.40. The molecule has 1 rings (SSSR count). The summed E-state index contributed by atoms with van der Waals surface area (Å²) in [5, 5.41) is 2.85. The van der Waals surface area contributed by atoms with Crippen molar-refractivity contribution in [2.75, 3.05) is 6.54 Å². The number of pyridine rings is 1. The van der Waals surface area contributed by atoms with Crippen LogP contribution < -0.4 is 11.1 Å². The lowest BCUT2D eigenvalue weighted by Crippen LogP contribution is -2.27. The topological polar surface area (TPSA) is 68.0 Å². The highest BCUT2D eigenvalue weighted by Gasteiger charge is 2.07. The minimum absolute atomic E-state index is 0.0306. The second kappa shape index (κ2) is 6.23. The lowest BCUT2D eigenvalue weighted by molar-refractivity contribution is -0.122. The van der Waals surface area contributed by atoms with Crippen molar-refractivity contribution >= 4 is 5.91 Å². The molecule has 0 aliphatic rings. The van der Waals surface area contributed by atoms with Crippen LogP contribution in [0.15, 0.2) is 18.3 Å². The first kappa shape index (κ1) is 12.6. The third kappa shape index (κ3) is 3.98. The highest BCUT2D eigenvalue weighted by atomic mass is 16.1. The van der Waals surface area contributed by atoms with Crippen molar-refractivity contribution in [3.63, 3.8) is 0 Å². The molecular formula is C12H19N3O. The quantitative estimate of drug-likeness (QED) is 0.779. The standard InChI is InChI=1S/C12H19N3O/c1-9(7-13)6-12(16)15-8-11-10(2)4-3-5-14-11/h3-5,9H,6-8,13H2,1-2H3,(H,15,16). The summed E-state index contributed by atoms with van der Waals surface area (Å²) in [4.78, 5) is 15.7. The number of nitrogens with two attached hydrogens (primary N) is 1. The molecule has 0 saturated heterocycles. The molecule has 1 unspecified atom stereocenters. The second-order valence-electron chi connectivity index (χ2n) is 4.09. The average Bonchev–Trinajstić information content (AvgIpc) is 2.28. The van der Waals surface area contributed by atoms with E-state index in [0.29, 0.717) is 19.5 Å². The summed E-state index contributed by atoms with van der Waals surface area (Å²) in [6.45, 7) is 4.97. The maximum Gasteiger partial charge on any atom is 0.220 e. The zero-order valence-corrected chi connectivity index (χ0v) is 9.86. The summed E-state index contributed by atoms with van der Waals surface area (Å²) in [6, 6.07) is 3.87. The molecule has 0 aliphatic heterocycles. The van der Waals surface area contributed by atoms with Gasteiger partial charge in [-0.1, -0.05) is 13.0 Å². The number of carbonyl (C=O) groups excluding carboxylic acids is 1. The minimum Gasteiger partial charge on any atom is -0.350 e. The first-order chi connectivity index (χ1) is 7.63. The Kier molecular flexibility index (Phi) is 4.92. The fourth-order valence-corrected chi connectivity index (χ4v) is 1.36. The summed E-state index contributed by atoms with van der Waals surface area (Å²) in [5.41, 5.74) is 7.46. The summed E-state index contributed by atoms with van der Waals surface area (Å²) < 4.78 is 0. The van der Waals surface area contributed by atoms with Gasteiger partial charge in [-0.2, -0.15) is 0 Å². The van der Waals surface area contributed by atoms with E-state index in [4.69, 9.17) is 5.73 Å². The lowest BCUT2D eigenvalue weighted by Gasteiger charge is -2.09. The number of nitrogens with one attached hydrogen (secondary N) is 1. The molecule has 1 atom stereocenters. The molecule has 1 heterocycles. The number of aromatic nitrogens is 1. The van der Waals surface area contributed by atoms with Crippen LogP contribution in [-0.4, -0.2) is 17.4 Å². The van der Waals surface area contributed by atoms with Crippen LogP contribution >= 0.6 is 0 Å². The second-order valence-corrected chi connectivity index (χ2v) is 4.09. The summed E-state index contributed by atoms with van der Waals surface area (Å²) in [6.07, 6.45) is 2.21. The molecule has 0 fully saturated rings. The largest absolute Gasteiger partial charge is 0.350 e. The maximum atomic E-state index is 11.5. The summed E-state index contributed by atoms with van der Waals surface area (Å²) in [5.74, 6) is 0.257. The van der Waals surface area contributed by atoms with Crippen molar-refractivity contribution in [1.82, 2.24) is 10.3 Å². The highest BCUT2D eigenvalue weighted by Crippen LogP contribution is 2.03. The number of rotatable bonds is 5. The molecule has 1 aromatic rings. The number of nitrogens with zero attached hydrogens (tertiary/aromatic N) is 1. The van der Waals surface area contributed by atoms with Gasteiger partial charge in [0.15, 0.2) is 0 Å². The van der Waals surface area contributed by atoms with Gasteiger partial charge in [-0.3, -0.25) is 9.78 Å². The third-order valence-corrected chi connectivity index (χ3v) is 2.51. The molecule has 0 radical (unpaired) electrons. The van der Waals surface area contributed by atoms with Crippen LogP contribution in [0.2, 0.25) is 0 Å². The van der Waals surface area contributed by atoms with Crippen molar-refractivity contribution < 1.29 is 4.79 Å². The minimum atomic E-state index is 0.0306. The lowest BCUT2D eigenvalue weighted by atomic mass is 10.1. The normalized spacial score (nSPS) is 12.2. The number of aryl methyl sites for hydroxylation is 1. The van der Waals surface area contributed by atoms with E-state index in [9.17, 15) is 4.79 Å². The molecule has 0 aliphatic carbocycles. The van der Waals surface area contributed by atoms with E-state index < -0.39 is 0 Å². The van der Waals surface area contributed by atoms with Gasteiger partial charge in [0.05, 0.1) is 12.2 Å². The van der Waals surface area contributed by atoms with Crippen molar-refractivity contribution in [1.29, 1.82) is 0 Å². The number of amides is 1. The SMILES string of the molecule is Cc1cccnc1CNC(=O)CC(C)CN. The van der Waals surface area contributed by atoms with Gasteiger partial charge >= 0.3 is 0 Å². The van der Waals surface area contributed by atoms with Crippen molar-refractivity contribution in [2.24, 2.45) is 11.7 Å². The molecule has 1 amide bonds. The van der Waals surface area contributed by atoms with E-state index in [1.165, 1.54) is 0 Å². The van der Waals surface area contributed by atoms with Gasteiger partial charge in [-0.25, -0.2) is 0 Å². The molecule has 0 spiro atoms. The van der Waals surface area contributed by atoms with Crippen LogP contribution in [0.5, 0.6) is 0 Å². The zero-order valence-electron chi connectivity index (χ0n) is 9.86. The van der Waals surface area contributed by atoms with Crippen molar-refractivity contribution in [2.45, 2.75) is 26.8 Å². The first-order valence-corrected chi connectivity index (χ1v) is 5.50. The molecule has 0 aromatic carbocycles. The van der Waals surface area contributed by atoms with E-state index in [2.05, 4.69) is 10.3 Å². The van der Waals surface area contributed by atoms with Crippen LogP contribution in [0.4, 0.5) is 0 Å². The van der Waals surface area contributed by atoms with Gasteiger partial charge in [0.25, 0.3) is 0 Å². The highest BCUT2D eigenvalue weighted by molar-refractivity contribution is 5.76. The van der Waals surface area contributed by atoms with Crippen molar-refractivity contribution in [3.05, 3.63) is 29.6 Å². The van der Waals surface area contributed by atoms with E-state index in [-0.39, 0.29) is 11.8 Å². The van der Waals surface area contributed by atoms with Gasteiger partial charge in [0.1, 0.15) is 0 Å². The Morgan fingerprint density at radius 1 is 1.62 bits per heavy atom.